The fraction of sp³-hybridized carbons (Fsp3) is 0.200. The molecule has 2 aromatic carbocycles. The number of benzene rings is 2. The van der Waals surface area contributed by atoms with Gasteiger partial charge in [0.25, 0.3) is 5.91 Å². The van der Waals surface area contributed by atoms with E-state index in [-0.39, 0.29) is 51.5 Å². The van der Waals surface area contributed by atoms with Gasteiger partial charge in [-0.3, -0.25) is 4.79 Å². The highest BCUT2D eigenvalue weighted by molar-refractivity contribution is 7.89. The summed E-state index contributed by atoms with van der Waals surface area (Å²) in [6.45, 7) is -1.40. The second-order valence-electron chi connectivity index (χ2n) is 6.67. The average molecular weight is 474 g/mol. The second-order valence-corrected chi connectivity index (χ2v) is 8.61. The lowest BCUT2D eigenvalue weighted by Crippen LogP contribution is -2.35. The molecule has 172 valence electrons. The zero-order valence-electron chi connectivity index (χ0n) is 16.9. The number of fused-ring (bicyclic) bond motifs is 1. The molecule has 3 aromatic rings. The standard InChI is InChI=1S/C20H18N4O8S/c21-11-12-1-3-16(14(9-12)20(28)29)22-19(27)18-15-10-13(2-4-17(15)32-23-18)33(30,31)24(5-7-25)6-8-26/h1-4,9-10,25-26H,5-8H2,(H,22,27)(H,28,29). The molecule has 0 aliphatic carbocycles. The third-order valence-electron chi connectivity index (χ3n) is 4.62. The van der Waals surface area contributed by atoms with Gasteiger partial charge in [-0.1, -0.05) is 5.16 Å². The fourth-order valence-electron chi connectivity index (χ4n) is 3.05. The minimum Gasteiger partial charge on any atom is -0.478 e. The molecule has 0 unspecified atom stereocenters. The number of carboxylic acids is 1. The monoisotopic (exact) mass is 474 g/mol. The Bertz CT molecular complexity index is 1350. The first-order valence-electron chi connectivity index (χ1n) is 9.43. The number of aliphatic hydroxyl groups is 2. The number of nitrogens with one attached hydrogen (secondary N) is 1. The molecule has 0 spiro atoms. The molecule has 12 nitrogen and oxygen atoms in total. The fourth-order valence-corrected chi connectivity index (χ4v) is 4.50. The number of carboxylic acid groups (broad SMARTS) is 1. The zero-order chi connectivity index (χ0) is 24.2. The Morgan fingerprint density at radius 1 is 1.12 bits per heavy atom. The predicted molar refractivity (Wildman–Crippen MR) is 113 cm³/mol. The van der Waals surface area contributed by atoms with Gasteiger partial charge in [0.1, 0.15) is 0 Å². The topological polar surface area (TPSA) is 194 Å². The minimum atomic E-state index is -4.12. The van der Waals surface area contributed by atoms with Crippen molar-refractivity contribution in [3.05, 3.63) is 53.2 Å². The smallest absolute Gasteiger partial charge is 0.337 e. The quantitative estimate of drug-likeness (QED) is 0.341. The molecular weight excluding hydrogens is 456 g/mol. The molecule has 0 saturated carbocycles. The van der Waals surface area contributed by atoms with Gasteiger partial charge in [-0.2, -0.15) is 9.57 Å². The van der Waals surface area contributed by atoms with E-state index in [9.17, 15) is 23.1 Å². The van der Waals surface area contributed by atoms with Gasteiger partial charge in [0, 0.05) is 13.1 Å². The van der Waals surface area contributed by atoms with Gasteiger partial charge in [0.05, 0.1) is 46.4 Å². The molecule has 13 heteroatoms. The normalized spacial score (nSPS) is 11.5. The van der Waals surface area contributed by atoms with E-state index in [0.29, 0.717) is 0 Å². The largest absolute Gasteiger partial charge is 0.478 e. The van der Waals surface area contributed by atoms with Gasteiger partial charge in [-0.05, 0) is 36.4 Å². The van der Waals surface area contributed by atoms with Crippen molar-refractivity contribution in [1.82, 2.24) is 9.46 Å². The van der Waals surface area contributed by atoms with Crippen LogP contribution in [0.5, 0.6) is 0 Å². The van der Waals surface area contributed by atoms with E-state index in [2.05, 4.69) is 10.5 Å². The van der Waals surface area contributed by atoms with Gasteiger partial charge in [0.2, 0.25) is 10.0 Å². The SMILES string of the molecule is N#Cc1ccc(NC(=O)c2noc3ccc(S(=O)(=O)N(CCO)CCO)cc23)c(C(=O)O)c1. The number of anilines is 1. The lowest BCUT2D eigenvalue weighted by Gasteiger charge is -2.20. The molecule has 4 N–H and O–H groups in total. The summed E-state index contributed by atoms with van der Waals surface area (Å²) >= 11 is 0. The molecule has 3 rings (SSSR count). The van der Waals surface area contributed by atoms with Crippen molar-refractivity contribution in [2.75, 3.05) is 31.6 Å². The van der Waals surface area contributed by atoms with Crippen LogP contribution in [-0.2, 0) is 10.0 Å². The van der Waals surface area contributed by atoms with Crippen molar-refractivity contribution in [1.29, 1.82) is 5.26 Å². The summed E-state index contributed by atoms with van der Waals surface area (Å²) in [7, 11) is -4.12. The molecule has 33 heavy (non-hydrogen) atoms. The Morgan fingerprint density at radius 2 is 1.82 bits per heavy atom. The molecule has 1 amide bonds. The van der Waals surface area contributed by atoms with E-state index in [1.54, 1.807) is 6.07 Å². The molecule has 0 saturated heterocycles. The van der Waals surface area contributed by atoms with Crippen molar-refractivity contribution in [3.63, 3.8) is 0 Å². The number of hydrogen-bond donors (Lipinski definition) is 4. The van der Waals surface area contributed by atoms with Crippen molar-refractivity contribution in [2.45, 2.75) is 4.90 Å². The summed E-state index contributed by atoms with van der Waals surface area (Å²) in [4.78, 5) is 24.1. The Balaban J connectivity index is 2.00. The van der Waals surface area contributed by atoms with Gasteiger partial charge in [-0.15, -0.1) is 0 Å². The number of rotatable bonds is 9. The summed E-state index contributed by atoms with van der Waals surface area (Å²) in [6, 6.07) is 9.17. The first-order chi connectivity index (χ1) is 15.7. The first-order valence-corrected chi connectivity index (χ1v) is 10.9. The van der Waals surface area contributed by atoms with Crippen LogP contribution in [0.4, 0.5) is 5.69 Å². The molecule has 0 bridgehead atoms. The number of carbonyl (C=O) groups excluding carboxylic acids is 1. The van der Waals surface area contributed by atoms with E-state index < -0.39 is 35.1 Å². The van der Waals surface area contributed by atoms with E-state index in [0.717, 1.165) is 16.4 Å². The number of aromatic nitrogens is 1. The van der Waals surface area contributed by atoms with Crippen LogP contribution in [0.1, 0.15) is 26.4 Å². The van der Waals surface area contributed by atoms with Crippen molar-refractivity contribution in [2.24, 2.45) is 0 Å². The highest BCUT2D eigenvalue weighted by atomic mass is 32.2. The van der Waals surface area contributed by atoms with Crippen molar-refractivity contribution in [3.8, 4) is 6.07 Å². The number of carbonyl (C=O) groups is 2. The van der Waals surface area contributed by atoms with Crippen molar-refractivity contribution >= 4 is 38.6 Å². The maximum absolute atomic E-state index is 12.9. The highest BCUT2D eigenvalue weighted by Crippen LogP contribution is 2.26. The third-order valence-corrected chi connectivity index (χ3v) is 6.51. The van der Waals surface area contributed by atoms with Gasteiger partial charge < -0.3 is 25.2 Å². The molecule has 0 atom stereocenters. The Hall–Kier alpha value is -3.83. The summed E-state index contributed by atoms with van der Waals surface area (Å²) in [5.74, 6) is -2.23. The summed E-state index contributed by atoms with van der Waals surface area (Å²) in [6.07, 6.45) is 0. The van der Waals surface area contributed by atoms with Crippen LogP contribution < -0.4 is 5.32 Å². The molecule has 0 radical (unpaired) electrons. The molecule has 0 aliphatic heterocycles. The summed E-state index contributed by atoms with van der Waals surface area (Å²) in [5, 5.41) is 42.7. The van der Waals surface area contributed by atoms with Crippen LogP contribution in [0.2, 0.25) is 0 Å². The number of hydrogen-bond acceptors (Lipinski definition) is 9. The van der Waals surface area contributed by atoms with Crippen LogP contribution in [0, 0.1) is 11.3 Å². The number of aliphatic hydroxyl groups excluding tert-OH is 2. The van der Waals surface area contributed by atoms with Crippen molar-refractivity contribution < 1.29 is 37.8 Å². The third kappa shape index (κ3) is 4.83. The second kappa shape index (κ2) is 9.76. The van der Waals surface area contributed by atoms with Gasteiger partial charge in [-0.25, -0.2) is 13.2 Å². The van der Waals surface area contributed by atoms with Crippen LogP contribution in [-0.4, -0.2) is 71.4 Å². The van der Waals surface area contributed by atoms with Gasteiger partial charge in [0.15, 0.2) is 11.3 Å². The van der Waals surface area contributed by atoms with Crippen LogP contribution >= 0.6 is 0 Å². The van der Waals surface area contributed by atoms with Gasteiger partial charge >= 0.3 is 5.97 Å². The molecule has 1 aromatic heterocycles. The van der Waals surface area contributed by atoms with Crippen LogP contribution in [0.25, 0.3) is 11.0 Å². The summed E-state index contributed by atoms with van der Waals surface area (Å²) in [5.41, 5.74) is -0.514. The lowest BCUT2D eigenvalue weighted by molar-refractivity contribution is 0.0698. The number of nitriles is 1. The summed E-state index contributed by atoms with van der Waals surface area (Å²) < 4.78 is 31.8. The minimum absolute atomic E-state index is 0.0482. The van der Waals surface area contributed by atoms with Crippen LogP contribution in [0.15, 0.2) is 45.8 Å². The number of nitrogens with zero attached hydrogens (tertiary/aromatic N) is 3. The molecule has 0 fully saturated rings. The van der Waals surface area contributed by atoms with E-state index in [1.165, 1.54) is 24.3 Å². The Kier molecular flexibility index (Phi) is 7.04. The highest BCUT2D eigenvalue weighted by Gasteiger charge is 2.26. The van der Waals surface area contributed by atoms with Crippen LogP contribution in [0.3, 0.4) is 0 Å². The average Bonchev–Trinajstić information content (AvgIpc) is 3.22. The van der Waals surface area contributed by atoms with E-state index in [1.807, 2.05) is 0 Å². The molecular formula is C20H18N4O8S. The molecule has 0 aliphatic rings. The zero-order valence-corrected chi connectivity index (χ0v) is 17.7. The maximum atomic E-state index is 12.9. The maximum Gasteiger partial charge on any atom is 0.337 e. The first kappa shape index (κ1) is 23.8. The Labute approximate surface area is 187 Å². The number of sulfonamides is 1. The Morgan fingerprint density at radius 3 is 2.42 bits per heavy atom. The number of aromatic carboxylic acids is 1. The molecule has 1 heterocycles. The number of amides is 1. The van der Waals surface area contributed by atoms with E-state index >= 15 is 0 Å². The predicted octanol–water partition coefficient (Wildman–Crippen LogP) is 0.625. The lowest BCUT2D eigenvalue weighted by atomic mass is 10.1. The van der Waals surface area contributed by atoms with E-state index in [4.69, 9.17) is 20.0 Å².